The van der Waals surface area contributed by atoms with Gasteiger partial charge in [-0.05, 0) is 39.2 Å². The highest BCUT2D eigenvalue weighted by Gasteiger charge is 2.29. The molecular weight excluding hydrogens is 350 g/mol. The number of nitriles is 1. The average molecular weight is 380 g/mol. The summed E-state index contributed by atoms with van der Waals surface area (Å²) in [7, 11) is -3.50. The van der Waals surface area contributed by atoms with Gasteiger partial charge in [-0.2, -0.15) is 5.26 Å². The Labute approximate surface area is 157 Å². The van der Waals surface area contributed by atoms with E-state index in [4.69, 9.17) is 4.74 Å². The third-order valence-corrected chi connectivity index (χ3v) is 6.33. The third-order valence-electron chi connectivity index (χ3n) is 4.38. The van der Waals surface area contributed by atoms with Crippen LogP contribution in [0.25, 0.3) is 0 Å². The van der Waals surface area contributed by atoms with Crippen molar-refractivity contribution >= 4 is 15.8 Å². The number of nitrogens with zero attached hydrogens (tertiary/aromatic N) is 1. The molecule has 144 valence electrons. The smallest absolute Gasteiger partial charge is 0.311 e. The molecule has 0 amide bonds. The van der Waals surface area contributed by atoms with Gasteiger partial charge in [-0.3, -0.25) is 4.79 Å². The zero-order valence-corrected chi connectivity index (χ0v) is 16.7. The third kappa shape index (κ3) is 7.17. The van der Waals surface area contributed by atoms with Crippen molar-refractivity contribution in [2.24, 2.45) is 5.41 Å². The van der Waals surface area contributed by atoms with E-state index in [1.165, 1.54) is 0 Å². The maximum atomic E-state index is 12.4. The van der Waals surface area contributed by atoms with Crippen molar-refractivity contribution in [3.63, 3.8) is 0 Å². The zero-order chi connectivity index (χ0) is 19.6. The monoisotopic (exact) mass is 379 g/mol. The summed E-state index contributed by atoms with van der Waals surface area (Å²) in [6.45, 7) is 5.86. The molecule has 0 spiro atoms. The maximum absolute atomic E-state index is 12.4. The number of unbranched alkanes of at least 4 members (excludes halogenated alkanes) is 2. The van der Waals surface area contributed by atoms with E-state index in [0.717, 1.165) is 12.8 Å². The molecule has 0 bridgehead atoms. The quantitative estimate of drug-likeness (QED) is 0.428. The predicted octanol–water partition coefficient (Wildman–Crippen LogP) is 4.03. The fourth-order valence-electron chi connectivity index (χ4n) is 2.73. The highest BCUT2D eigenvalue weighted by Crippen LogP contribution is 2.26. The minimum absolute atomic E-state index is 0.109. The molecule has 0 aliphatic rings. The fraction of sp³-hybridized carbons (Fsp3) is 0.600. The Morgan fingerprint density at radius 2 is 1.85 bits per heavy atom. The van der Waals surface area contributed by atoms with Crippen molar-refractivity contribution in [3.05, 3.63) is 35.9 Å². The van der Waals surface area contributed by atoms with E-state index in [0.29, 0.717) is 31.4 Å². The van der Waals surface area contributed by atoms with E-state index in [2.05, 4.69) is 0 Å². The van der Waals surface area contributed by atoms with Crippen LogP contribution in [0.5, 0.6) is 0 Å². The Balaban J connectivity index is 2.45. The summed E-state index contributed by atoms with van der Waals surface area (Å²) in [6, 6.07) is 10.9. The summed E-state index contributed by atoms with van der Waals surface area (Å²) < 4.78 is 29.9. The SMILES string of the molecule is CCOC(=O)C(C)(C)CCCCCC(C#N)S(=O)(=O)Cc1ccccc1. The lowest BCUT2D eigenvalue weighted by Gasteiger charge is -2.22. The first kappa shape index (κ1) is 22.2. The van der Waals surface area contributed by atoms with Gasteiger partial charge in [0.25, 0.3) is 0 Å². The lowest BCUT2D eigenvalue weighted by molar-refractivity contribution is -0.153. The molecule has 1 unspecified atom stereocenters. The van der Waals surface area contributed by atoms with E-state index >= 15 is 0 Å². The number of carbonyl (C=O) groups excluding carboxylic acids is 1. The summed E-state index contributed by atoms with van der Waals surface area (Å²) in [5.74, 6) is -0.317. The van der Waals surface area contributed by atoms with E-state index in [9.17, 15) is 18.5 Å². The summed E-state index contributed by atoms with van der Waals surface area (Å²) in [4.78, 5) is 11.8. The van der Waals surface area contributed by atoms with Gasteiger partial charge in [0.1, 0.15) is 5.25 Å². The number of hydrogen-bond acceptors (Lipinski definition) is 5. The lowest BCUT2D eigenvalue weighted by Crippen LogP contribution is -2.26. The molecule has 0 radical (unpaired) electrons. The number of ether oxygens (including phenoxy) is 1. The number of carbonyl (C=O) groups is 1. The molecule has 0 heterocycles. The lowest BCUT2D eigenvalue weighted by atomic mass is 9.87. The zero-order valence-electron chi connectivity index (χ0n) is 15.9. The molecule has 5 nitrogen and oxygen atoms in total. The molecular formula is C20H29NO4S. The molecule has 0 aliphatic heterocycles. The van der Waals surface area contributed by atoms with Gasteiger partial charge in [-0.1, -0.05) is 49.6 Å². The molecule has 0 aliphatic carbocycles. The molecule has 0 saturated carbocycles. The van der Waals surface area contributed by atoms with Crippen LogP contribution < -0.4 is 0 Å². The largest absolute Gasteiger partial charge is 0.466 e. The molecule has 1 rings (SSSR count). The maximum Gasteiger partial charge on any atom is 0.311 e. The Kier molecular flexibility index (Phi) is 8.80. The predicted molar refractivity (Wildman–Crippen MR) is 102 cm³/mol. The van der Waals surface area contributed by atoms with Crippen LogP contribution >= 0.6 is 0 Å². The first-order chi connectivity index (χ1) is 12.2. The van der Waals surface area contributed by atoms with Gasteiger partial charge >= 0.3 is 5.97 Å². The molecule has 0 fully saturated rings. The summed E-state index contributed by atoms with van der Waals surface area (Å²) in [6.07, 6.45) is 3.22. The van der Waals surface area contributed by atoms with Crippen LogP contribution in [-0.4, -0.2) is 26.2 Å². The summed E-state index contributed by atoms with van der Waals surface area (Å²) >= 11 is 0. The topological polar surface area (TPSA) is 84.2 Å². The average Bonchev–Trinajstić information content (AvgIpc) is 2.58. The molecule has 1 aromatic carbocycles. The Morgan fingerprint density at radius 3 is 2.42 bits per heavy atom. The minimum Gasteiger partial charge on any atom is -0.466 e. The summed E-state index contributed by atoms with van der Waals surface area (Å²) in [5.41, 5.74) is 0.160. The highest BCUT2D eigenvalue weighted by atomic mass is 32.2. The van der Waals surface area contributed by atoms with Gasteiger partial charge in [0.15, 0.2) is 9.84 Å². The van der Waals surface area contributed by atoms with Gasteiger partial charge in [-0.25, -0.2) is 8.42 Å². The minimum atomic E-state index is -3.50. The van der Waals surface area contributed by atoms with Crippen LogP contribution in [0, 0.1) is 16.7 Å². The van der Waals surface area contributed by atoms with E-state index in [1.54, 1.807) is 31.2 Å². The second-order valence-corrected chi connectivity index (χ2v) is 9.30. The number of hydrogen-bond donors (Lipinski definition) is 0. The van der Waals surface area contributed by atoms with E-state index < -0.39 is 20.5 Å². The van der Waals surface area contributed by atoms with Gasteiger partial charge in [-0.15, -0.1) is 0 Å². The van der Waals surface area contributed by atoms with Crippen molar-refractivity contribution in [1.82, 2.24) is 0 Å². The van der Waals surface area contributed by atoms with Crippen molar-refractivity contribution < 1.29 is 17.9 Å². The van der Waals surface area contributed by atoms with Crippen LogP contribution in [0.4, 0.5) is 0 Å². The van der Waals surface area contributed by atoms with Gasteiger partial charge in [0, 0.05) is 0 Å². The normalized spacial score (nSPS) is 13.0. The molecule has 6 heteroatoms. The van der Waals surface area contributed by atoms with E-state index in [1.807, 2.05) is 26.0 Å². The Bertz CT molecular complexity index is 705. The number of sulfone groups is 1. The fourth-order valence-corrected chi connectivity index (χ4v) is 4.28. The molecule has 26 heavy (non-hydrogen) atoms. The van der Waals surface area contributed by atoms with E-state index in [-0.39, 0.29) is 11.7 Å². The first-order valence-corrected chi connectivity index (χ1v) is 10.8. The van der Waals surface area contributed by atoms with Crippen molar-refractivity contribution in [2.45, 2.75) is 63.9 Å². The molecule has 0 saturated heterocycles. The van der Waals surface area contributed by atoms with Gasteiger partial charge < -0.3 is 4.74 Å². The van der Waals surface area contributed by atoms with Gasteiger partial charge in [0.05, 0.1) is 23.8 Å². The highest BCUT2D eigenvalue weighted by molar-refractivity contribution is 7.91. The number of esters is 1. The Hall–Kier alpha value is -1.87. The van der Waals surface area contributed by atoms with Crippen LogP contribution in [0.3, 0.4) is 0 Å². The molecule has 0 N–H and O–H groups in total. The standard InChI is InChI=1S/C20H29NO4S/c1-4-25-19(22)20(2,3)14-10-6-9-13-18(15-21)26(23,24)16-17-11-7-5-8-12-17/h5,7-8,11-12,18H,4,6,9-10,13-14,16H2,1-3H3. The van der Waals surface area contributed by atoms with Crippen molar-refractivity contribution in [1.29, 1.82) is 5.26 Å². The summed E-state index contributed by atoms with van der Waals surface area (Å²) in [5, 5.41) is 8.28. The molecule has 1 aromatic rings. The second kappa shape index (κ2) is 10.3. The van der Waals surface area contributed by atoms with Crippen LogP contribution in [0.15, 0.2) is 30.3 Å². The van der Waals surface area contributed by atoms with Crippen molar-refractivity contribution in [2.75, 3.05) is 6.61 Å². The second-order valence-electron chi connectivity index (χ2n) is 7.11. The molecule has 1 atom stereocenters. The number of rotatable bonds is 11. The van der Waals surface area contributed by atoms with Gasteiger partial charge in [0.2, 0.25) is 0 Å². The van der Waals surface area contributed by atoms with Crippen LogP contribution in [0.1, 0.15) is 58.4 Å². The molecule has 0 aromatic heterocycles. The first-order valence-electron chi connectivity index (χ1n) is 9.05. The van der Waals surface area contributed by atoms with Crippen LogP contribution in [0.2, 0.25) is 0 Å². The van der Waals surface area contributed by atoms with Crippen molar-refractivity contribution in [3.8, 4) is 6.07 Å². The number of benzene rings is 1. The van der Waals surface area contributed by atoms with Crippen LogP contribution in [-0.2, 0) is 25.1 Å². The Morgan fingerprint density at radius 1 is 1.19 bits per heavy atom.